The van der Waals surface area contributed by atoms with Crippen LogP contribution >= 0.6 is 11.6 Å². The Hall–Kier alpha value is -0.473. The molecule has 0 spiro atoms. The maximum absolute atomic E-state index is 6.34. The van der Waals surface area contributed by atoms with E-state index < -0.39 is 8.80 Å². The number of hydrogen-bond donors (Lipinski definition) is 0. The van der Waals surface area contributed by atoms with E-state index in [0.717, 1.165) is 10.8 Å². The fourth-order valence-electron chi connectivity index (χ4n) is 2.15. The number of ether oxygens (including phenoxy) is 1. The minimum atomic E-state index is -0.598. The van der Waals surface area contributed by atoms with E-state index >= 15 is 0 Å². The number of benzene rings is 1. The van der Waals surface area contributed by atoms with Gasteiger partial charge < -0.3 is 4.74 Å². The summed E-state index contributed by atoms with van der Waals surface area (Å²) >= 11 is 6.34. The summed E-state index contributed by atoms with van der Waals surface area (Å²) in [5.41, 5.74) is 1.38. The third-order valence-electron chi connectivity index (χ3n) is 2.73. The normalized spacial score (nSPS) is 11.6. The van der Waals surface area contributed by atoms with Crippen molar-refractivity contribution in [3.63, 3.8) is 0 Å². The Morgan fingerprint density at radius 3 is 2.06 bits per heavy atom. The summed E-state index contributed by atoms with van der Waals surface area (Å²) in [4.78, 5) is 0. The molecule has 1 nitrogen and oxygen atoms in total. The van der Waals surface area contributed by atoms with Gasteiger partial charge in [-0.2, -0.15) is 0 Å². The van der Waals surface area contributed by atoms with Crippen molar-refractivity contribution in [2.75, 3.05) is 7.11 Å². The molecule has 1 radical (unpaired) electrons. The molecule has 0 amide bonds. The topological polar surface area (TPSA) is 9.23 Å². The zero-order chi connectivity index (χ0) is 12.3. The molecule has 3 heteroatoms. The molecule has 16 heavy (non-hydrogen) atoms. The molecule has 0 saturated carbocycles. The largest absolute Gasteiger partial charge is 0.497 e. The smallest absolute Gasteiger partial charge is 0.120 e. The van der Waals surface area contributed by atoms with E-state index in [4.69, 9.17) is 16.3 Å². The Bertz CT molecular complexity index is 342. The number of methoxy groups -OCH3 is 1. The molecule has 0 saturated heterocycles. The molecule has 0 heterocycles. The van der Waals surface area contributed by atoms with Crippen LogP contribution in [0.5, 0.6) is 5.75 Å². The molecule has 0 aliphatic carbocycles. The van der Waals surface area contributed by atoms with E-state index in [1.807, 2.05) is 12.1 Å². The summed E-state index contributed by atoms with van der Waals surface area (Å²) in [6.07, 6.45) is 0. The Morgan fingerprint density at radius 2 is 1.69 bits per heavy atom. The van der Waals surface area contributed by atoms with Gasteiger partial charge in [0.1, 0.15) is 5.75 Å². The second kappa shape index (κ2) is 5.74. The molecule has 0 N–H and O–H groups in total. The Labute approximate surface area is 105 Å². The molecule has 0 aliphatic rings. The lowest BCUT2D eigenvalue weighted by Crippen LogP contribution is -2.36. The summed E-state index contributed by atoms with van der Waals surface area (Å²) in [6, 6.07) is 6.07. The van der Waals surface area contributed by atoms with Gasteiger partial charge >= 0.3 is 0 Å². The first kappa shape index (κ1) is 13.6. The van der Waals surface area contributed by atoms with Crippen LogP contribution < -0.4 is 9.92 Å². The first-order valence-corrected chi connectivity index (χ1v) is 7.71. The summed E-state index contributed by atoms with van der Waals surface area (Å²) in [7, 11) is 1.07. The SMILES string of the molecule is COc1ccc([Si](C(C)C)C(C)C)c(Cl)c1. The molecule has 0 unspecified atom stereocenters. The van der Waals surface area contributed by atoms with E-state index in [-0.39, 0.29) is 0 Å². The molecule has 89 valence electrons. The van der Waals surface area contributed by atoms with E-state index in [2.05, 4.69) is 33.8 Å². The first-order chi connectivity index (χ1) is 7.47. The summed E-state index contributed by atoms with van der Waals surface area (Å²) in [6.45, 7) is 9.15. The minimum Gasteiger partial charge on any atom is -0.497 e. The molecule has 0 bridgehead atoms. The molecule has 1 rings (SSSR count). The van der Waals surface area contributed by atoms with Crippen LogP contribution in [0, 0.1) is 0 Å². The van der Waals surface area contributed by atoms with Crippen LogP contribution in [0.4, 0.5) is 0 Å². The average Bonchev–Trinajstić information content (AvgIpc) is 2.19. The van der Waals surface area contributed by atoms with Crippen molar-refractivity contribution in [3.05, 3.63) is 23.2 Å². The van der Waals surface area contributed by atoms with Crippen LogP contribution in [0.3, 0.4) is 0 Å². The van der Waals surface area contributed by atoms with Gasteiger partial charge in [0.2, 0.25) is 0 Å². The zero-order valence-electron chi connectivity index (χ0n) is 10.7. The lowest BCUT2D eigenvalue weighted by atomic mass is 10.3. The van der Waals surface area contributed by atoms with Gasteiger partial charge in [-0.1, -0.05) is 45.4 Å². The highest BCUT2D eigenvalue weighted by atomic mass is 35.5. The van der Waals surface area contributed by atoms with Crippen molar-refractivity contribution in [3.8, 4) is 5.75 Å². The van der Waals surface area contributed by atoms with Gasteiger partial charge in [0, 0.05) is 5.02 Å². The van der Waals surface area contributed by atoms with Gasteiger partial charge in [0.15, 0.2) is 0 Å². The summed E-state index contributed by atoms with van der Waals surface area (Å²) in [5, 5.41) is 2.19. The molecular formula is C13H20ClOSi. The van der Waals surface area contributed by atoms with Crippen LogP contribution in [-0.4, -0.2) is 15.9 Å². The fourth-order valence-corrected chi connectivity index (χ4v) is 5.84. The van der Waals surface area contributed by atoms with Gasteiger partial charge in [0.25, 0.3) is 0 Å². The maximum Gasteiger partial charge on any atom is 0.120 e. The highest BCUT2D eigenvalue weighted by Gasteiger charge is 2.24. The second-order valence-corrected chi connectivity index (χ2v) is 8.78. The molecule has 0 aliphatic heterocycles. The average molecular weight is 256 g/mol. The zero-order valence-corrected chi connectivity index (χ0v) is 12.4. The Kier molecular flexibility index (Phi) is 4.87. The van der Waals surface area contributed by atoms with E-state index in [1.165, 1.54) is 5.19 Å². The van der Waals surface area contributed by atoms with Crippen molar-refractivity contribution < 1.29 is 4.74 Å². The predicted molar refractivity (Wildman–Crippen MR) is 73.6 cm³/mol. The maximum atomic E-state index is 6.34. The summed E-state index contributed by atoms with van der Waals surface area (Å²) in [5.74, 6) is 0.836. The third-order valence-corrected chi connectivity index (χ3v) is 6.75. The highest BCUT2D eigenvalue weighted by Crippen LogP contribution is 2.24. The number of halogens is 1. The van der Waals surface area contributed by atoms with E-state index in [9.17, 15) is 0 Å². The minimum absolute atomic E-state index is 0.598. The van der Waals surface area contributed by atoms with Gasteiger partial charge in [-0.3, -0.25) is 0 Å². The van der Waals surface area contributed by atoms with Crippen LogP contribution in [0.1, 0.15) is 27.7 Å². The van der Waals surface area contributed by atoms with E-state index in [0.29, 0.717) is 11.1 Å². The quantitative estimate of drug-likeness (QED) is 0.743. The molecular weight excluding hydrogens is 236 g/mol. The van der Waals surface area contributed by atoms with Gasteiger partial charge in [-0.25, -0.2) is 0 Å². The molecule has 1 aromatic rings. The van der Waals surface area contributed by atoms with Gasteiger partial charge in [-0.05, 0) is 28.4 Å². The first-order valence-electron chi connectivity index (χ1n) is 5.68. The molecule has 1 aromatic carbocycles. The van der Waals surface area contributed by atoms with Crippen molar-refractivity contribution in [2.24, 2.45) is 0 Å². The standard InChI is InChI=1S/C13H20ClOSi/c1-9(2)16(10(3)4)13-7-6-11(15-5)8-12(13)14/h6-10H,1-5H3. The van der Waals surface area contributed by atoms with Crippen molar-refractivity contribution >= 4 is 25.6 Å². The fraction of sp³-hybridized carbons (Fsp3) is 0.538. The van der Waals surface area contributed by atoms with Gasteiger partial charge in [-0.15, -0.1) is 0 Å². The molecule has 0 fully saturated rings. The summed E-state index contributed by atoms with van der Waals surface area (Å²) < 4.78 is 5.18. The van der Waals surface area contributed by atoms with Crippen LogP contribution in [0.15, 0.2) is 18.2 Å². The van der Waals surface area contributed by atoms with Crippen LogP contribution in [0.25, 0.3) is 0 Å². The van der Waals surface area contributed by atoms with Crippen molar-refractivity contribution in [2.45, 2.75) is 38.8 Å². The number of hydrogen-bond acceptors (Lipinski definition) is 1. The Morgan fingerprint density at radius 1 is 1.12 bits per heavy atom. The van der Waals surface area contributed by atoms with Crippen molar-refractivity contribution in [1.29, 1.82) is 0 Å². The van der Waals surface area contributed by atoms with Crippen LogP contribution in [0.2, 0.25) is 16.1 Å². The monoisotopic (exact) mass is 255 g/mol. The van der Waals surface area contributed by atoms with Crippen LogP contribution in [-0.2, 0) is 0 Å². The predicted octanol–water partition coefficient (Wildman–Crippen LogP) is 3.87. The lowest BCUT2D eigenvalue weighted by Gasteiger charge is -2.24. The molecule has 0 atom stereocenters. The number of rotatable bonds is 4. The van der Waals surface area contributed by atoms with E-state index in [1.54, 1.807) is 7.11 Å². The highest BCUT2D eigenvalue weighted by molar-refractivity contribution is 6.77. The van der Waals surface area contributed by atoms with Crippen molar-refractivity contribution in [1.82, 2.24) is 0 Å². The molecule has 0 aromatic heterocycles. The third kappa shape index (κ3) is 3.02. The second-order valence-electron chi connectivity index (χ2n) is 4.61. The van der Waals surface area contributed by atoms with Gasteiger partial charge in [0.05, 0.1) is 15.9 Å². The lowest BCUT2D eigenvalue weighted by molar-refractivity contribution is 0.415. The Balaban J connectivity index is 3.10.